The van der Waals surface area contributed by atoms with Crippen LogP contribution in [0.15, 0.2) is 29.6 Å². The van der Waals surface area contributed by atoms with E-state index in [9.17, 15) is 10.1 Å². The fourth-order valence-electron chi connectivity index (χ4n) is 5.42. The number of nitrogens with one attached hydrogen (secondary N) is 1. The van der Waals surface area contributed by atoms with Crippen molar-refractivity contribution in [3.63, 3.8) is 0 Å². The molecule has 0 radical (unpaired) electrons. The van der Waals surface area contributed by atoms with Crippen LogP contribution in [0.25, 0.3) is 0 Å². The molecule has 8 nitrogen and oxygen atoms in total. The van der Waals surface area contributed by atoms with E-state index in [1.54, 1.807) is 12.3 Å². The molecule has 5 rings (SSSR count). The smallest absolute Gasteiger partial charge is 0.336 e. The lowest BCUT2D eigenvalue weighted by atomic mass is 9.79. The fourth-order valence-corrected chi connectivity index (χ4v) is 5.42. The second kappa shape index (κ2) is 9.91. The zero-order valence-electron chi connectivity index (χ0n) is 20.5. The van der Waals surface area contributed by atoms with Crippen molar-refractivity contribution >= 4 is 11.7 Å². The number of carbonyl (C=O) groups excluding carboxylic acids is 1. The van der Waals surface area contributed by atoms with Crippen LogP contribution >= 0.6 is 0 Å². The Balaban J connectivity index is 1.70. The summed E-state index contributed by atoms with van der Waals surface area (Å²) in [6, 6.07) is 7.92. The van der Waals surface area contributed by atoms with Gasteiger partial charge in [-0.3, -0.25) is 0 Å². The van der Waals surface area contributed by atoms with E-state index in [0.29, 0.717) is 41.5 Å². The van der Waals surface area contributed by atoms with E-state index in [-0.39, 0.29) is 19.1 Å². The summed E-state index contributed by atoms with van der Waals surface area (Å²) in [6.07, 6.45) is 6.78. The largest absolute Gasteiger partial charge is 0.493 e. The third-order valence-corrected chi connectivity index (χ3v) is 7.13. The SMILES string of the molecule is CC1=C(C(=O)OCCC#N)C(c2ccc(C#N)c3c2OCC3)c2c(OC3CCCC3)ncc(C)c2N1. The number of allylic oxidation sites excluding steroid dienone is 1. The summed E-state index contributed by atoms with van der Waals surface area (Å²) in [5, 5.41) is 22.0. The first kappa shape index (κ1) is 23.7. The number of nitriles is 2. The van der Waals surface area contributed by atoms with Crippen LogP contribution in [0.2, 0.25) is 0 Å². The second-order valence-electron chi connectivity index (χ2n) is 9.42. The molecule has 0 amide bonds. The summed E-state index contributed by atoms with van der Waals surface area (Å²) in [7, 11) is 0. The molecule has 3 heterocycles. The summed E-state index contributed by atoms with van der Waals surface area (Å²) in [5.41, 5.74) is 5.83. The summed E-state index contributed by atoms with van der Waals surface area (Å²) < 4.78 is 18.0. The molecule has 0 saturated heterocycles. The zero-order chi connectivity index (χ0) is 25.2. The van der Waals surface area contributed by atoms with Gasteiger partial charge in [0, 0.05) is 29.4 Å². The highest BCUT2D eigenvalue weighted by Crippen LogP contribution is 2.51. The van der Waals surface area contributed by atoms with Gasteiger partial charge in [-0.05, 0) is 51.2 Å². The first-order valence-corrected chi connectivity index (χ1v) is 12.4. The van der Waals surface area contributed by atoms with Gasteiger partial charge in [-0.1, -0.05) is 6.07 Å². The van der Waals surface area contributed by atoms with Crippen LogP contribution in [0.3, 0.4) is 0 Å². The van der Waals surface area contributed by atoms with Gasteiger partial charge in [0.25, 0.3) is 0 Å². The van der Waals surface area contributed by atoms with E-state index >= 15 is 0 Å². The molecule has 184 valence electrons. The van der Waals surface area contributed by atoms with Gasteiger partial charge in [-0.15, -0.1) is 0 Å². The quantitative estimate of drug-likeness (QED) is 0.459. The predicted molar refractivity (Wildman–Crippen MR) is 132 cm³/mol. The second-order valence-corrected chi connectivity index (χ2v) is 9.42. The Morgan fingerprint density at radius 1 is 1.25 bits per heavy atom. The number of pyridine rings is 1. The Morgan fingerprint density at radius 2 is 2.06 bits per heavy atom. The van der Waals surface area contributed by atoms with Crippen LogP contribution in [-0.2, 0) is 16.0 Å². The number of benzene rings is 1. The van der Waals surface area contributed by atoms with Crippen molar-refractivity contribution in [3.05, 3.63) is 57.4 Å². The van der Waals surface area contributed by atoms with E-state index in [4.69, 9.17) is 19.5 Å². The zero-order valence-corrected chi connectivity index (χ0v) is 20.5. The lowest BCUT2D eigenvalue weighted by Crippen LogP contribution is -2.27. The highest BCUT2D eigenvalue weighted by molar-refractivity contribution is 5.95. The highest BCUT2D eigenvalue weighted by Gasteiger charge is 2.40. The molecule has 1 unspecified atom stereocenters. The number of carbonyl (C=O) groups is 1. The van der Waals surface area contributed by atoms with Crippen LogP contribution in [-0.4, -0.2) is 30.3 Å². The molecule has 1 aliphatic carbocycles. The first-order valence-electron chi connectivity index (χ1n) is 12.4. The molecule has 3 aliphatic rings. The minimum Gasteiger partial charge on any atom is -0.493 e. The van der Waals surface area contributed by atoms with E-state index in [1.807, 2.05) is 26.0 Å². The average molecular weight is 485 g/mol. The van der Waals surface area contributed by atoms with Crippen LogP contribution in [0.4, 0.5) is 5.69 Å². The van der Waals surface area contributed by atoms with Crippen molar-refractivity contribution in [2.24, 2.45) is 0 Å². The molecule has 1 aromatic heterocycles. The Morgan fingerprint density at radius 3 is 2.81 bits per heavy atom. The first-order chi connectivity index (χ1) is 17.5. The number of fused-ring (bicyclic) bond motifs is 2. The van der Waals surface area contributed by atoms with Crippen molar-refractivity contribution in [2.75, 3.05) is 18.5 Å². The lowest BCUT2D eigenvalue weighted by molar-refractivity contribution is -0.139. The number of aryl methyl sites for hydroxylation is 1. The number of anilines is 1. The Labute approximate surface area is 210 Å². The molecule has 2 aromatic rings. The van der Waals surface area contributed by atoms with Gasteiger partial charge in [-0.25, -0.2) is 9.78 Å². The third-order valence-electron chi connectivity index (χ3n) is 7.13. The third kappa shape index (κ3) is 4.13. The molecule has 8 heteroatoms. The van der Waals surface area contributed by atoms with E-state index < -0.39 is 11.9 Å². The average Bonchev–Trinajstić information content (AvgIpc) is 3.57. The van der Waals surface area contributed by atoms with E-state index in [0.717, 1.165) is 53.6 Å². The molecule has 1 saturated carbocycles. The minimum absolute atomic E-state index is 0.00513. The molecule has 0 bridgehead atoms. The van der Waals surface area contributed by atoms with Gasteiger partial charge in [0.15, 0.2) is 0 Å². The maximum atomic E-state index is 13.5. The number of ether oxygens (including phenoxy) is 3. The van der Waals surface area contributed by atoms with Crippen LogP contribution in [0.1, 0.15) is 72.8 Å². The van der Waals surface area contributed by atoms with Crippen LogP contribution < -0.4 is 14.8 Å². The van der Waals surface area contributed by atoms with Crippen LogP contribution in [0.5, 0.6) is 11.6 Å². The maximum absolute atomic E-state index is 13.5. The molecular formula is C28H28N4O4. The van der Waals surface area contributed by atoms with Crippen molar-refractivity contribution < 1.29 is 19.0 Å². The molecule has 1 atom stereocenters. The minimum atomic E-state index is -0.570. The van der Waals surface area contributed by atoms with Crippen molar-refractivity contribution in [1.29, 1.82) is 10.5 Å². The standard InChI is InChI=1S/C28H28N4O4/c1-16-15-31-27(36-19-6-3-4-7-19)24-23(21-9-8-18(14-30)20-10-13-34-26(20)21)22(17(2)32-25(16)24)28(33)35-12-5-11-29/h8-9,15,19,23,32H,3-7,10,12-13H2,1-2H3. The molecule has 36 heavy (non-hydrogen) atoms. The van der Waals surface area contributed by atoms with Gasteiger partial charge in [-0.2, -0.15) is 10.5 Å². The van der Waals surface area contributed by atoms with Gasteiger partial charge >= 0.3 is 5.97 Å². The normalized spacial score (nSPS) is 18.4. The highest BCUT2D eigenvalue weighted by atomic mass is 16.5. The summed E-state index contributed by atoms with van der Waals surface area (Å²) in [4.78, 5) is 18.1. The lowest BCUT2D eigenvalue weighted by Gasteiger charge is -2.33. The van der Waals surface area contributed by atoms with Crippen molar-refractivity contribution in [3.8, 4) is 23.8 Å². The fraction of sp³-hybridized carbons (Fsp3) is 0.429. The Bertz CT molecular complexity index is 1330. The number of aromatic nitrogens is 1. The number of hydrogen-bond acceptors (Lipinski definition) is 8. The van der Waals surface area contributed by atoms with Crippen molar-refractivity contribution in [2.45, 2.75) is 64.4 Å². The molecular weight excluding hydrogens is 456 g/mol. The number of esters is 1. The predicted octanol–water partition coefficient (Wildman–Crippen LogP) is 4.81. The number of rotatable bonds is 6. The Kier molecular flexibility index (Phi) is 6.52. The Hall–Kier alpha value is -4.04. The molecule has 1 fully saturated rings. The van der Waals surface area contributed by atoms with Gasteiger partial charge in [0.1, 0.15) is 18.5 Å². The topological polar surface area (TPSA) is 117 Å². The van der Waals surface area contributed by atoms with Gasteiger partial charge < -0.3 is 19.5 Å². The van der Waals surface area contributed by atoms with Crippen molar-refractivity contribution in [1.82, 2.24) is 4.98 Å². The van der Waals surface area contributed by atoms with E-state index in [2.05, 4.69) is 16.4 Å². The molecule has 0 spiro atoms. The number of hydrogen-bond donors (Lipinski definition) is 1. The van der Waals surface area contributed by atoms with E-state index in [1.165, 1.54) is 0 Å². The molecule has 1 N–H and O–H groups in total. The summed E-state index contributed by atoms with van der Waals surface area (Å²) >= 11 is 0. The number of nitrogens with zero attached hydrogens (tertiary/aromatic N) is 3. The molecule has 2 aliphatic heterocycles. The van der Waals surface area contributed by atoms with Gasteiger partial charge in [0.05, 0.1) is 53.5 Å². The summed E-state index contributed by atoms with van der Waals surface area (Å²) in [6.45, 7) is 4.30. The molecule has 1 aromatic carbocycles. The summed E-state index contributed by atoms with van der Waals surface area (Å²) in [5.74, 6) is 0.0517. The van der Waals surface area contributed by atoms with Crippen LogP contribution in [0, 0.1) is 29.6 Å². The maximum Gasteiger partial charge on any atom is 0.336 e. The monoisotopic (exact) mass is 484 g/mol. The van der Waals surface area contributed by atoms with Gasteiger partial charge in [0.2, 0.25) is 5.88 Å².